The van der Waals surface area contributed by atoms with Crippen LogP contribution < -0.4 is 10.6 Å². The predicted molar refractivity (Wildman–Crippen MR) is 87.4 cm³/mol. The van der Waals surface area contributed by atoms with E-state index < -0.39 is 5.97 Å². The molecule has 0 bridgehead atoms. The topological polar surface area (TPSA) is 84.5 Å². The molecule has 0 saturated carbocycles. The molecule has 6 nitrogen and oxygen atoms in total. The first-order valence-corrected chi connectivity index (χ1v) is 7.74. The second-order valence-electron chi connectivity index (χ2n) is 4.64. The standard InChI is InChI=1S/C16H16N2O4S/c1-22-15(20)10-17-16(21)11-4-6-12(7-5-11)18-14(19)9-13-3-2-8-23-13/h2-8H,9-10H2,1H3,(H,17,21)(H,18,19). The first-order chi connectivity index (χ1) is 11.1. The van der Waals surface area contributed by atoms with E-state index in [0.29, 0.717) is 17.7 Å². The first-order valence-electron chi connectivity index (χ1n) is 6.86. The Bertz CT molecular complexity index is 681. The molecule has 1 heterocycles. The van der Waals surface area contributed by atoms with Crippen LogP contribution in [0, 0.1) is 0 Å². The van der Waals surface area contributed by atoms with E-state index in [9.17, 15) is 14.4 Å². The molecule has 0 atom stereocenters. The fraction of sp³-hybridized carbons (Fsp3) is 0.188. The second kappa shape index (κ2) is 8.09. The molecule has 0 radical (unpaired) electrons. The largest absolute Gasteiger partial charge is 0.468 e. The van der Waals surface area contributed by atoms with E-state index in [1.807, 2.05) is 17.5 Å². The fourth-order valence-corrected chi connectivity index (χ4v) is 2.51. The molecule has 0 fully saturated rings. The van der Waals surface area contributed by atoms with Gasteiger partial charge >= 0.3 is 5.97 Å². The van der Waals surface area contributed by atoms with Gasteiger partial charge in [0.05, 0.1) is 13.5 Å². The lowest BCUT2D eigenvalue weighted by Gasteiger charge is -2.07. The number of benzene rings is 1. The number of hydrogen-bond acceptors (Lipinski definition) is 5. The predicted octanol–water partition coefficient (Wildman–Crippen LogP) is 1.83. The number of ether oxygens (including phenoxy) is 1. The molecule has 2 rings (SSSR count). The van der Waals surface area contributed by atoms with Gasteiger partial charge in [-0.15, -0.1) is 11.3 Å². The van der Waals surface area contributed by atoms with Crippen molar-refractivity contribution in [1.29, 1.82) is 0 Å². The van der Waals surface area contributed by atoms with E-state index in [-0.39, 0.29) is 18.4 Å². The molecular formula is C16H16N2O4S. The van der Waals surface area contributed by atoms with Crippen molar-refractivity contribution in [2.45, 2.75) is 6.42 Å². The number of nitrogens with one attached hydrogen (secondary N) is 2. The Hall–Kier alpha value is -2.67. The second-order valence-corrected chi connectivity index (χ2v) is 5.67. The van der Waals surface area contributed by atoms with Gasteiger partial charge in [-0.05, 0) is 35.7 Å². The summed E-state index contributed by atoms with van der Waals surface area (Å²) in [5.41, 5.74) is 1.00. The maximum Gasteiger partial charge on any atom is 0.325 e. The highest BCUT2D eigenvalue weighted by molar-refractivity contribution is 7.10. The minimum atomic E-state index is -0.518. The monoisotopic (exact) mass is 332 g/mol. The molecule has 7 heteroatoms. The molecule has 1 aromatic carbocycles. The number of esters is 1. The number of hydrogen-bond donors (Lipinski definition) is 2. The molecule has 2 amide bonds. The van der Waals surface area contributed by atoms with Gasteiger partial charge in [-0.25, -0.2) is 0 Å². The smallest absolute Gasteiger partial charge is 0.325 e. The number of amides is 2. The van der Waals surface area contributed by atoms with Crippen LogP contribution in [0.2, 0.25) is 0 Å². The molecule has 0 aliphatic carbocycles. The average molecular weight is 332 g/mol. The Kier molecular flexibility index (Phi) is 5.87. The zero-order valence-corrected chi connectivity index (χ0v) is 13.3. The Morgan fingerprint density at radius 1 is 1.13 bits per heavy atom. The van der Waals surface area contributed by atoms with E-state index in [0.717, 1.165) is 4.88 Å². The van der Waals surface area contributed by atoms with Crippen LogP contribution in [0.15, 0.2) is 41.8 Å². The Morgan fingerprint density at radius 2 is 1.87 bits per heavy atom. The molecule has 2 N–H and O–H groups in total. The quantitative estimate of drug-likeness (QED) is 0.791. The van der Waals surface area contributed by atoms with E-state index in [1.54, 1.807) is 24.3 Å². The molecule has 0 spiro atoms. The summed E-state index contributed by atoms with van der Waals surface area (Å²) in [5.74, 6) is -1.02. The molecule has 2 aromatic rings. The van der Waals surface area contributed by atoms with Crippen molar-refractivity contribution in [3.05, 3.63) is 52.2 Å². The van der Waals surface area contributed by atoms with E-state index in [2.05, 4.69) is 15.4 Å². The summed E-state index contributed by atoms with van der Waals surface area (Å²) in [4.78, 5) is 35.6. The van der Waals surface area contributed by atoms with Crippen molar-refractivity contribution in [1.82, 2.24) is 5.32 Å². The number of thiophene rings is 1. The zero-order valence-electron chi connectivity index (χ0n) is 12.5. The number of anilines is 1. The van der Waals surface area contributed by atoms with Gasteiger partial charge < -0.3 is 15.4 Å². The van der Waals surface area contributed by atoms with Gasteiger partial charge in [0, 0.05) is 16.1 Å². The highest BCUT2D eigenvalue weighted by atomic mass is 32.1. The van der Waals surface area contributed by atoms with Crippen LogP contribution in [0.1, 0.15) is 15.2 Å². The van der Waals surface area contributed by atoms with Gasteiger partial charge in [-0.1, -0.05) is 6.07 Å². The maximum absolute atomic E-state index is 11.9. The molecule has 0 aliphatic rings. The van der Waals surface area contributed by atoms with Crippen LogP contribution in [-0.4, -0.2) is 31.4 Å². The van der Waals surface area contributed by atoms with Crippen molar-refractivity contribution in [3.63, 3.8) is 0 Å². The summed E-state index contributed by atoms with van der Waals surface area (Å²) in [7, 11) is 1.25. The lowest BCUT2D eigenvalue weighted by molar-refractivity contribution is -0.139. The zero-order chi connectivity index (χ0) is 16.7. The van der Waals surface area contributed by atoms with Crippen molar-refractivity contribution < 1.29 is 19.1 Å². The summed E-state index contributed by atoms with van der Waals surface area (Å²) in [6, 6.07) is 10.2. The molecule has 0 saturated heterocycles. The molecule has 1 aromatic heterocycles. The summed E-state index contributed by atoms with van der Waals surface area (Å²) in [5, 5.41) is 7.13. The number of carbonyl (C=O) groups excluding carboxylic acids is 3. The lowest BCUT2D eigenvalue weighted by atomic mass is 10.2. The van der Waals surface area contributed by atoms with Crippen molar-refractivity contribution in [3.8, 4) is 0 Å². The first kappa shape index (κ1) is 16.7. The minimum Gasteiger partial charge on any atom is -0.468 e. The Balaban J connectivity index is 1.87. The highest BCUT2D eigenvalue weighted by Gasteiger charge is 2.09. The van der Waals surface area contributed by atoms with Crippen LogP contribution in [0.4, 0.5) is 5.69 Å². The van der Waals surface area contributed by atoms with Gasteiger partial charge in [0.2, 0.25) is 5.91 Å². The van der Waals surface area contributed by atoms with Gasteiger partial charge in [-0.2, -0.15) is 0 Å². The highest BCUT2D eigenvalue weighted by Crippen LogP contribution is 2.13. The summed E-state index contributed by atoms with van der Waals surface area (Å²) < 4.78 is 4.44. The van der Waals surface area contributed by atoms with E-state index in [4.69, 9.17) is 0 Å². The number of rotatable bonds is 6. The van der Waals surface area contributed by atoms with E-state index in [1.165, 1.54) is 18.4 Å². The van der Waals surface area contributed by atoms with Gasteiger partial charge in [-0.3, -0.25) is 14.4 Å². The summed E-state index contributed by atoms with van der Waals surface area (Å²) >= 11 is 1.53. The van der Waals surface area contributed by atoms with Crippen LogP contribution >= 0.6 is 11.3 Å². The number of methoxy groups -OCH3 is 1. The Morgan fingerprint density at radius 3 is 2.48 bits per heavy atom. The Labute approximate surface area is 137 Å². The third kappa shape index (κ3) is 5.23. The minimum absolute atomic E-state index is 0.115. The molecule has 0 unspecified atom stereocenters. The summed E-state index contributed by atoms with van der Waals surface area (Å²) in [6.45, 7) is -0.186. The third-order valence-electron chi connectivity index (χ3n) is 2.97. The fourth-order valence-electron chi connectivity index (χ4n) is 1.81. The van der Waals surface area contributed by atoms with Crippen LogP contribution in [0.25, 0.3) is 0 Å². The van der Waals surface area contributed by atoms with Crippen LogP contribution in [0.3, 0.4) is 0 Å². The molecule has 23 heavy (non-hydrogen) atoms. The van der Waals surface area contributed by atoms with Gasteiger partial charge in [0.1, 0.15) is 6.54 Å². The van der Waals surface area contributed by atoms with Crippen molar-refractivity contribution in [2.24, 2.45) is 0 Å². The summed E-state index contributed by atoms with van der Waals surface area (Å²) in [6.07, 6.45) is 0.318. The van der Waals surface area contributed by atoms with Crippen molar-refractivity contribution in [2.75, 3.05) is 19.0 Å². The molecule has 0 aliphatic heterocycles. The maximum atomic E-state index is 11.9. The molecular weight excluding hydrogens is 316 g/mol. The van der Waals surface area contributed by atoms with Gasteiger partial charge in [0.25, 0.3) is 5.91 Å². The van der Waals surface area contributed by atoms with E-state index >= 15 is 0 Å². The number of carbonyl (C=O) groups is 3. The third-order valence-corrected chi connectivity index (χ3v) is 3.84. The average Bonchev–Trinajstić information content (AvgIpc) is 3.05. The molecule has 120 valence electrons. The van der Waals surface area contributed by atoms with Crippen LogP contribution in [0.5, 0.6) is 0 Å². The van der Waals surface area contributed by atoms with Crippen LogP contribution in [-0.2, 0) is 20.7 Å². The normalized spacial score (nSPS) is 9.96. The SMILES string of the molecule is COC(=O)CNC(=O)c1ccc(NC(=O)Cc2cccs2)cc1. The van der Waals surface area contributed by atoms with Gasteiger partial charge in [0.15, 0.2) is 0 Å². The lowest BCUT2D eigenvalue weighted by Crippen LogP contribution is -2.30. The van der Waals surface area contributed by atoms with Crippen molar-refractivity contribution >= 4 is 34.8 Å².